The molecule has 0 bridgehead atoms. The molecular weight excluding hydrogens is 367 g/mol. The first-order chi connectivity index (χ1) is 13.7. The molecule has 5 nitrogen and oxygen atoms in total. The minimum absolute atomic E-state index is 0.0673. The molecule has 0 saturated carbocycles. The van der Waals surface area contributed by atoms with Crippen LogP contribution in [0.2, 0.25) is 0 Å². The van der Waals surface area contributed by atoms with Gasteiger partial charge in [-0.2, -0.15) is 5.10 Å². The number of nitrogens with zero attached hydrogens (tertiary/aromatic N) is 3. The van der Waals surface area contributed by atoms with Crippen LogP contribution in [-0.2, 0) is 12.0 Å². The highest BCUT2D eigenvalue weighted by molar-refractivity contribution is 5.82. The molecule has 2 rings (SSSR count). The highest BCUT2D eigenvalue weighted by Crippen LogP contribution is 2.33. The molecule has 1 aromatic carbocycles. The average Bonchev–Trinajstić information content (AvgIpc) is 3.13. The lowest BCUT2D eigenvalue weighted by Gasteiger charge is -2.24. The fourth-order valence-corrected chi connectivity index (χ4v) is 3.16. The van der Waals surface area contributed by atoms with E-state index in [0.717, 1.165) is 16.8 Å². The molecule has 1 heterocycles. The van der Waals surface area contributed by atoms with Crippen molar-refractivity contribution in [3.8, 4) is 0 Å². The number of aliphatic imine (C=N–C) groups is 1. The molecule has 29 heavy (non-hydrogen) atoms. The first-order valence-electron chi connectivity index (χ1n) is 9.77. The van der Waals surface area contributed by atoms with Crippen LogP contribution in [0.25, 0.3) is 5.57 Å². The topological polar surface area (TPSA) is 76.4 Å². The van der Waals surface area contributed by atoms with E-state index in [2.05, 4.69) is 30.7 Å². The Bertz CT molecular complexity index is 910. The summed E-state index contributed by atoms with van der Waals surface area (Å²) < 4.78 is 16.2. The van der Waals surface area contributed by atoms with Gasteiger partial charge in [-0.1, -0.05) is 19.9 Å². The molecule has 2 aromatic rings. The van der Waals surface area contributed by atoms with E-state index in [1.54, 1.807) is 12.3 Å². The zero-order valence-electron chi connectivity index (χ0n) is 17.7. The van der Waals surface area contributed by atoms with Crippen LogP contribution in [0.1, 0.15) is 56.9 Å². The van der Waals surface area contributed by atoms with E-state index in [1.165, 1.54) is 12.1 Å². The van der Waals surface area contributed by atoms with Gasteiger partial charge in [0, 0.05) is 36.7 Å². The highest BCUT2D eigenvalue weighted by Gasteiger charge is 2.21. The monoisotopic (exact) mass is 398 g/mol. The molecule has 0 unspecified atom stereocenters. The molecule has 6 heteroatoms. The smallest absolute Gasteiger partial charge is 0.124 e. The lowest BCUT2D eigenvalue weighted by molar-refractivity contribution is 0.292. The van der Waals surface area contributed by atoms with E-state index < -0.39 is 0 Å². The fourth-order valence-electron chi connectivity index (χ4n) is 3.16. The number of rotatable bonds is 9. The van der Waals surface area contributed by atoms with Crippen molar-refractivity contribution in [3.05, 3.63) is 65.4 Å². The Hall–Kier alpha value is -2.73. The average molecular weight is 399 g/mol. The number of aliphatic hydroxyl groups is 1. The van der Waals surface area contributed by atoms with Gasteiger partial charge in [0.05, 0.1) is 11.2 Å². The largest absolute Gasteiger partial charge is 0.398 e. The molecule has 0 aliphatic carbocycles. The third-order valence-electron chi connectivity index (χ3n) is 4.92. The van der Waals surface area contributed by atoms with Crippen LogP contribution in [0.4, 0.5) is 10.1 Å². The number of hydrogen-bond acceptors (Lipinski definition) is 4. The summed E-state index contributed by atoms with van der Waals surface area (Å²) in [4.78, 5) is 3.79. The maximum Gasteiger partial charge on any atom is 0.124 e. The Labute approximate surface area is 172 Å². The zero-order valence-corrected chi connectivity index (χ0v) is 17.7. The third-order valence-corrected chi connectivity index (χ3v) is 4.92. The van der Waals surface area contributed by atoms with Gasteiger partial charge in [-0.05, 0) is 68.3 Å². The summed E-state index contributed by atoms with van der Waals surface area (Å²) in [6.07, 6.45) is 8.45. The second-order valence-corrected chi connectivity index (χ2v) is 8.01. The van der Waals surface area contributed by atoms with Crippen molar-refractivity contribution in [1.82, 2.24) is 9.78 Å². The van der Waals surface area contributed by atoms with Gasteiger partial charge in [-0.25, -0.2) is 4.39 Å². The second-order valence-electron chi connectivity index (χ2n) is 8.01. The van der Waals surface area contributed by atoms with Crippen molar-refractivity contribution >= 4 is 18.0 Å². The van der Waals surface area contributed by atoms with Gasteiger partial charge in [-0.3, -0.25) is 9.67 Å². The van der Waals surface area contributed by atoms with Crippen molar-refractivity contribution in [1.29, 1.82) is 0 Å². The molecule has 3 N–H and O–H groups in total. The minimum Gasteiger partial charge on any atom is -0.398 e. The summed E-state index contributed by atoms with van der Waals surface area (Å²) in [5, 5.41) is 13.7. The van der Waals surface area contributed by atoms with Gasteiger partial charge in [-0.15, -0.1) is 0 Å². The van der Waals surface area contributed by atoms with E-state index in [4.69, 9.17) is 10.8 Å². The number of nitrogen functional groups attached to an aromatic ring is 1. The SMILES string of the molecule is C=N/C=C\C(=C/CC(C)(C)n1ccc(CCO)n1)c1cc(F)cc(C(C)C)c1N. The van der Waals surface area contributed by atoms with Crippen molar-refractivity contribution in [2.45, 2.75) is 52.0 Å². The quantitative estimate of drug-likeness (QED) is 0.366. The Morgan fingerprint density at radius 1 is 1.41 bits per heavy atom. The third kappa shape index (κ3) is 5.64. The molecule has 156 valence electrons. The first kappa shape index (κ1) is 22.6. The summed E-state index contributed by atoms with van der Waals surface area (Å²) >= 11 is 0. The predicted octanol–water partition coefficient (Wildman–Crippen LogP) is 4.69. The van der Waals surface area contributed by atoms with Crippen LogP contribution in [-0.4, -0.2) is 28.2 Å². The predicted molar refractivity (Wildman–Crippen MR) is 119 cm³/mol. The van der Waals surface area contributed by atoms with Crippen LogP contribution in [0.5, 0.6) is 0 Å². The van der Waals surface area contributed by atoms with Gasteiger partial charge in [0.1, 0.15) is 5.82 Å². The molecule has 0 radical (unpaired) electrons. The lowest BCUT2D eigenvalue weighted by Crippen LogP contribution is -2.26. The Kier molecular flexibility index (Phi) is 7.51. The van der Waals surface area contributed by atoms with Crippen LogP contribution in [0.15, 0.2) is 47.7 Å². The van der Waals surface area contributed by atoms with Crippen molar-refractivity contribution in [3.63, 3.8) is 0 Å². The van der Waals surface area contributed by atoms with Gasteiger partial charge in [0.2, 0.25) is 0 Å². The summed E-state index contributed by atoms with van der Waals surface area (Å²) in [7, 11) is 0. The van der Waals surface area contributed by atoms with Gasteiger partial charge in [0.15, 0.2) is 0 Å². The van der Waals surface area contributed by atoms with Gasteiger partial charge < -0.3 is 10.8 Å². The Morgan fingerprint density at radius 2 is 2.14 bits per heavy atom. The summed E-state index contributed by atoms with van der Waals surface area (Å²) in [6, 6.07) is 4.86. The number of benzene rings is 1. The van der Waals surface area contributed by atoms with Gasteiger partial charge in [0.25, 0.3) is 0 Å². The summed E-state index contributed by atoms with van der Waals surface area (Å²) in [5.74, 6) is -0.207. The van der Waals surface area contributed by atoms with Crippen LogP contribution >= 0.6 is 0 Å². The lowest BCUT2D eigenvalue weighted by atomic mass is 9.92. The number of nitrogens with two attached hydrogens (primary N) is 1. The molecule has 0 aliphatic rings. The molecular formula is C23H31FN4O. The molecule has 0 atom stereocenters. The normalized spacial score (nSPS) is 12.9. The fraction of sp³-hybridized carbons (Fsp3) is 0.391. The molecule has 0 amide bonds. The van der Waals surface area contributed by atoms with Crippen molar-refractivity contribution in [2.24, 2.45) is 4.99 Å². The molecule has 0 spiro atoms. The van der Waals surface area contributed by atoms with E-state index in [1.807, 2.05) is 36.9 Å². The number of anilines is 1. The van der Waals surface area contributed by atoms with Crippen molar-refractivity contribution in [2.75, 3.05) is 12.3 Å². The number of aromatic nitrogens is 2. The van der Waals surface area contributed by atoms with Crippen molar-refractivity contribution < 1.29 is 9.50 Å². The Morgan fingerprint density at radius 3 is 2.76 bits per heavy atom. The second kappa shape index (κ2) is 9.65. The molecule has 1 aromatic heterocycles. The zero-order chi connectivity index (χ0) is 21.6. The Balaban J connectivity index is 2.43. The summed E-state index contributed by atoms with van der Waals surface area (Å²) in [5.41, 5.74) is 9.69. The number of aliphatic hydroxyl groups excluding tert-OH is 1. The standard InChI is InChI=1S/C23H31FN4O/c1-16(2)20-14-18(24)15-21(22(20)25)17(7-11-26-5)6-10-23(3,4)28-12-8-19(27-28)9-13-29/h6-8,11-12,14-16,29H,5,9-10,13,25H2,1-4H3/b11-7-,17-6+. The maximum absolute atomic E-state index is 14.3. The van der Waals surface area contributed by atoms with Crippen LogP contribution in [0.3, 0.4) is 0 Å². The highest BCUT2D eigenvalue weighted by atomic mass is 19.1. The summed E-state index contributed by atoms with van der Waals surface area (Å²) in [6.45, 7) is 11.7. The minimum atomic E-state index is -0.322. The molecule has 0 fully saturated rings. The number of hydrogen-bond donors (Lipinski definition) is 2. The van der Waals surface area contributed by atoms with E-state index in [-0.39, 0.29) is 23.9 Å². The van der Waals surface area contributed by atoms with E-state index >= 15 is 0 Å². The van der Waals surface area contributed by atoms with E-state index in [9.17, 15) is 4.39 Å². The first-order valence-corrected chi connectivity index (χ1v) is 9.77. The maximum atomic E-state index is 14.3. The van der Waals surface area contributed by atoms with Crippen LogP contribution < -0.4 is 5.73 Å². The van der Waals surface area contributed by atoms with E-state index in [0.29, 0.717) is 24.1 Å². The molecule has 0 aliphatic heterocycles. The number of halogens is 1. The van der Waals surface area contributed by atoms with Gasteiger partial charge >= 0.3 is 0 Å². The number of allylic oxidation sites excluding steroid dienone is 3. The molecule has 0 saturated heterocycles. The van der Waals surface area contributed by atoms with Crippen LogP contribution in [0, 0.1) is 5.82 Å².